The Morgan fingerprint density at radius 2 is 1.71 bits per heavy atom. The number of methoxy groups -OCH3 is 1. The maximum Gasteiger partial charge on any atom is 0.266 e. The summed E-state index contributed by atoms with van der Waals surface area (Å²) in [5.41, 5.74) is 5.28. The van der Waals surface area contributed by atoms with Crippen molar-refractivity contribution < 1.29 is 9.53 Å². The number of rotatable bonds is 7. The lowest BCUT2D eigenvalue weighted by Crippen LogP contribution is -2.31. The molecule has 0 N–H and O–H groups in total. The third-order valence-electron chi connectivity index (χ3n) is 5.86. The van der Waals surface area contributed by atoms with Crippen LogP contribution in [0.1, 0.15) is 42.0 Å². The molecule has 0 aliphatic carbocycles. The number of amidine groups is 1. The number of hydrogen-bond acceptors (Lipinski definition) is 4. The highest BCUT2D eigenvalue weighted by atomic mass is 32.2. The van der Waals surface area contributed by atoms with E-state index in [2.05, 4.69) is 45.0 Å². The molecule has 0 unspecified atom stereocenters. The van der Waals surface area contributed by atoms with Crippen LogP contribution in [-0.2, 0) is 11.2 Å². The summed E-state index contributed by atoms with van der Waals surface area (Å²) in [5, 5.41) is 0.716. The molecule has 1 aliphatic rings. The number of nitrogens with zero attached hydrogens (tertiary/aromatic N) is 2. The van der Waals surface area contributed by atoms with Gasteiger partial charge in [-0.05, 0) is 83.6 Å². The van der Waals surface area contributed by atoms with Crippen LogP contribution in [0.4, 0.5) is 5.69 Å². The second-order valence-corrected chi connectivity index (χ2v) is 9.65. The van der Waals surface area contributed by atoms with Crippen LogP contribution in [0.2, 0.25) is 0 Å². The predicted octanol–water partition coefficient (Wildman–Crippen LogP) is 6.97. The zero-order valence-corrected chi connectivity index (χ0v) is 20.9. The highest BCUT2D eigenvalue weighted by molar-refractivity contribution is 8.18. The van der Waals surface area contributed by atoms with E-state index < -0.39 is 0 Å². The maximum atomic E-state index is 13.5. The quantitative estimate of drug-likeness (QED) is 0.350. The second-order valence-electron chi connectivity index (χ2n) is 8.64. The molecule has 1 fully saturated rings. The average molecular weight is 471 g/mol. The number of thioether (sulfide) groups is 1. The van der Waals surface area contributed by atoms with Crippen molar-refractivity contribution in [2.45, 2.75) is 33.1 Å². The van der Waals surface area contributed by atoms with Crippen molar-refractivity contribution in [2.75, 3.05) is 13.7 Å². The van der Waals surface area contributed by atoms with Gasteiger partial charge in [-0.1, -0.05) is 62.4 Å². The standard InChI is InChI=1S/C29H30N2O2S/c1-20(2)25-18-23(21(3)17-26(25)33-4)19-27-28(32)31(16-15-22-11-7-5-8-12-22)29(34-27)30-24-13-9-6-10-14-24/h5-14,17-20H,15-16H2,1-4H3/b27-19+,30-29?. The lowest BCUT2D eigenvalue weighted by Gasteiger charge is -2.16. The van der Waals surface area contributed by atoms with Crippen LogP contribution in [0.15, 0.2) is 82.7 Å². The van der Waals surface area contributed by atoms with E-state index in [1.54, 1.807) is 12.0 Å². The Bertz CT molecular complexity index is 1220. The molecule has 5 heteroatoms. The number of para-hydroxylation sites is 1. The summed E-state index contributed by atoms with van der Waals surface area (Å²) in [4.78, 5) is 20.8. The molecule has 0 aromatic heterocycles. The number of ether oxygens (including phenoxy) is 1. The van der Waals surface area contributed by atoms with Crippen LogP contribution in [0.5, 0.6) is 5.75 Å². The molecule has 1 aliphatic heterocycles. The van der Waals surface area contributed by atoms with E-state index in [0.717, 1.165) is 34.5 Å². The van der Waals surface area contributed by atoms with Crippen LogP contribution < -0.4 is 4.74 Å². The van der Waals surface area contributed by atoms with Gasteiger partial charge in [0.15, 0.2) is 5.17 Å². The van der Waals surface area contributed by atoms with E-state index in [1.165, 1.54) is 17.3 Å². The van der Waals surface area contributed by atoms with Crippen molar-refractivity contribution in [3.05, 3.63) is 100.0 Å². The van der Waals surface area contributed by atoms with E-state index in [0.29, 0.717) is 22.5 Å². The average Bonchev–Trinajstić information content (AvgIpc) is 3.13. The Kier molecular flexibility index (Phi) is 7.53. The lowest BCUT2D eigenvalue weighted by molar-refractivity contribution is -0.122. The van der Waals surface area contributed by atoms with Crippen LogP contribution in [0, 0.1) is 6.92 Å². The number of carbonyl (C=O) groups excluding carboxylic acids is 1. The van der Waals surface area contributed by atoms with E-state index in [9.17, 15) is 4.79 Å². The van der Waals surface area contributed by atoms with E-state index in [-0.39, 0.29) is 5.91 Å². The molecule has 1 saturated heterocycles. The zero-order valence-electron chi connectivity index (χ0n) is 20.1. The summed E-state index contributed by atoms with van der Waals surface area (Å²) in [7, 11) is 1.70. The molecule has 0 radical (unpaired) electrons. The van der Waals surface area contributed by atoms with Crippen LogP contribution in [0.25, 0.3) is 6.08 Å². The third-order valence-corrected chi connectivity index (χ3v) is 6.87. The minimum absolute atomic E-state index is 0.00285. The molecular formula is C29H30N2O2S. The van der Waals surface area contributed by atoms with E-state index in [1.807, 2.05) is 54.6 Å². The molecule has 4 rings (SSSR count). The van der Waals surface area contributed by atoms with Crippen molar-refractivity contribution in [1.29, 1.82) is 0 Å². The molecule has 0 atom stereocenters. The monoisotopic (exact) mass is 470 g/mol. The van der Waals surface area contributed by atoms with Gasteiger partial charge < -0.3 is 4.74 Å². The van der Waals surface area contributed by atoms with Crippen molar-refractivity contribution in [3.8, 4) is 5.75 Å². The summed E-state index contributed by atoms with van der Waals surface area (Å²) in [6.07, 6.45) is 2.77. The lowest BCUT2D eigenvalue weighted by atomic mass is 9.96. The summed E-state index contributed by atoms with van der Waals surface area (Å²) >= 11 is 1.44. The fourth-order valence-corrected chi connectivity index (χ4v) is 4.94. The normalized spacial score (nSPS) is 16.1. The van der Waals surface area contributed by atoms with Crippen molar-refractivity contribution in [2.24, 2.45) is 4.99 Å². The first kappa shape index (κ1) is 23.8. The van der Waals surface area contributed by atoms with Gasteiger partial charge in [0.2, 0.25) is 0 Å². The SMILES string of the molecule is COc1cc(C)c(/C=C2/SC(=Nc3ccccc3)N(CCc3ccccc3)C2=O)cc1C(C)C. The smallest absolute Gasteiger partial charge is 0.266 e. The van der Waals surface area contributed by atoms with Crippen LogP contribution >= 0.6 is 11.8 Å². The molecule has 0 saturated carbocycles. The van der Waals surface area contributed by atoms with Crippen LogP contribution in [0.3, 0.4) is 0 Å². The molecular weight excluding hydrogens is 440 g/mol. The molecule has 3 aromatic carbocycles. The van der Waals surface area contributed by atoms with Crippen molar-refractivity contribution >= 4 is 34.6 Å². The highest BCUT2D eigenvalue weighted by Crippen LogP contribution is 2.36. The Labute approximate surface area is 206 Å². The first-order valence-corrected chi connectivity index (χ1v) is 12.4. The van der Waals surface area contributed by atoms with Gasteiger partial charge in [-0.2, -0.15) is 0 Å². The van der Waals surface area contributed by atoms with Crippen molar-refractivity contribution in [1.82, 2.24) is 4.90 Å². The fraction of sp³-hybridized carbons (Fsp3) is 0.241. The Morgan fingerprint density at radius 1 is 1.03 bits per heavy atom. The minimum Gasteiger partial charge on any atom is -0.496 e. The van der Waals surface area contributed by atoms with Gasteiger partial charge in [-0.25, -0.2) is 4.99 Å². The van der Waals surface area contributed by atoms with Gasteiger partial charge in [-0.3, -0.25) is 9.69 Å². The molecule has 4 nitrogen and oxygen atoms in total. The Morgan fingerprint density at radius 3 is 2.35 bits per heavy atom. The fourth-order valence-electron chi connectivity index (χ4n) is 3.93. The largest absolute Gasteiger partial charge is 0.496 e. The van der Waals surface area contributed by atoms with Gasteiger partial charge in [0.05, 0.1) is 17.7 Å². The number of hydrogen-bond donors (Lipinski definition) is 0. The molecule has 3 aromatic rings. The van der Waals surface area contributed by atoms with Gasteiger partial charge in [0.25, 0.3) is 5.91 Å². The molecule has 0 spiro atoms. The maximum absolute atomic E-state index is 13.5. The Balaban J connectivity index is 1.69. The van der Waals surface area contributed by atoms with E-state index >= 15 is 0 Å². The minimum atomic E-state index is -0.00285. The van der Waals surface area contributed by atoms with Gasteiger partial charge >= 0.3 is 0 Å². The topological polar surface area (TPSA) is 41.9 Å². The van der Waals surface area contributed by atoms with Gasteiger partial charge in [0, 0.05) is 6.54 Å². The molecule has 1 heterocycles. The number of amides is 1. The van der Waals surface area contributed by atoms with Gasteiger partial charge in [-0.15, -0.1) is 0 Å². The van der Waals surface area contributed by atoms with Crippen LogP contribution in [-0.4, -0.2) is 29.6 Å². The van der Waals surface area contributed by atoms with Gasteiger partial charge in [0.1, 0.15) is 5.75 Å². The predicted molar refractivity (Wildman–Crippen MR) is 143 cm³/mol. The number of aliphatic imine (C=N–C) groups is 1. The number of carbonyl (C=O) groups is 1. The van der Waals surface area contributed by atoms with E-state index in [4.69, 9.17) is 9.73 Å². The first-order valence-electron chi connectivity index (χ1n) is 11.5. The summed E-state index contributed by atoms with van der Waals surface area (Å²) in [6.45, 7) is 6.93. The summed E-state index contributed by atoms with van der Waals surface area (Å²) in [5.74, 6) is 1.20. The number of benzene rings is 3. The molecule has 174 valence electrons. The molecule has 34 heavy (non-hydrogen) atoms. The summed E-state index contributed by atoms with van der Waals surface area (Å²) < 4.78 is 5.59. The molecule has 0 bridgehead atoms. The third kappa shape index (κ3) is 5.42. The Hall–Kier alpha value is -3.31. The molecule has 1 amide bonds. The number of aryl methyl sites for hydroxylation is 1. The summed E-state index contributed by atoms with van der Waals surface area (Å²) in [6, 6.07) is 24.2. The zero-order chi connectivity index (χ0) is 24.1. The first-order chi connectivity index (χ1) is 16.5. The highest BCUT2D eigenvalue weighted by Gasteiger charge is 2.33. The van der Waals surface area contributed by atoms with Crippen molar-refractivity contribution in [3.63, 3.8) is 0 Å². The second kappa shape index (κ2) is 10.7.